The van der Waals surface area contributed by atoms with E-state index >= 15 is 0 Å². The van der Waals surface area contributed by atoms with Crippen LogP contribution in [0.5, 0.6) is 0 Å². The van der Waals surface area contributed by atoms with Gasteiger partial charge in [0.2, 0.25) is 0 Å². The molecule has 2 rings (SSSR count). The van der Waals surface area contributed by atoms with Gasteiger partial charge < -0.3 is 4.90 Å². The molecule has 2 heterocycles. The molecule has 0 unspecified atom stereocenters. The molecule has 0 N–H and O–H groups in total. The van der Waals surface area contributed by atoms with Gasteiger partial charge in [0.05, 0.1) is 9.26 Å². The maximum absolute atomic E-state index is 4.46. The quantitative estimate of drug-likeness (QED) is 0.794. The predicted octanol–water partition coefficient (Wildman–Crippen LogP) is 2.28. The number of aromatic nitrogens is 2. The Hall–Kier alpha value is -0.100. The van der Waals surface area contributed by atoms with Gasteiger partial charge >= 0.3 is 0 Å². The first kappa shape index (κ1) is 11.4. The molecule has 4 heteroatoms. The van der Waals surface area contributed by atoms with E-state index in [2.05, 4.69) is 50.4 Å². The number of halogens is 1. The van der Waals surface area contributed by atoms with E-state index in [4.69, 9.17) is 0 Å². The lowest BCUT2D eigenvalue weighted by Crippen LogP contribution is -2.21. The van der Waals surface area contributed by atoms with E-state index in [1.54, 1.807) is 0 Å². The molecule has 0 atom stereocenters. The van der Waals surface area contributed by atoms with Gasteiger partial charge in [0, 0.05) is 12.7 Å². The second kappa shape index (κ2) is 5.30. The summed E-state index contributed by atoms with van der Waals surface area (Å²) >= 11 is 2.34. The maximum Gasteiger partial charge on any atom is 0.0727 e. The molecule has 1 fully saturated rings. The van der Waals surface area contributed by atoms with E-state index in [9.17, 15) is 0 Å². The molecule has 0 radical (unpaired) electrons. The van der Waals surface area contributed by atoms with Gasteiger partial charge in [-0.15, -0.1) is 0 Å². The van der Waals surface area contributed by atoms with Crippen molar-refractivity contribution in [2.75, 3.05) is 19.6 Å². The molecular formula is C11H18IN3. The van der Waals surface area contributed by atoms with Crippen molar-refractivity contribution in [3.63, 3.8) is 0 Å². The molecule has 0 spiro atoms. The molecule has 1 aromatic rings. The number of hydrogen-bond acceptors (Lipinski definition) is 2. The summed E-state index contributed by atoms with van der Waals surface area (Å²) in [7, 11) is 0. The molecule has 84 valence electrons. The van der Waals surface area contributed by atoms with Crippen LogP contribution in [0.4, 0.5) is 0 Å². The van der Waals surface area contributed by atoms with Crippen LogP contribution < -0.4 is 0 Å². The summed E-state index contributed by atoms with van der Waals surface area (Å²) < 4.78 is 3.35. The SMILES string of the molecule is Cc1nn(CCCN2CCCC2)cc1I. The van der Waals surface area contributed by atoms with E-state index in [1.165, 1.54) is 42.5 Å². The second-order valence-corrected chi connectivity index (χ2v) is 5.39. The molecule has 0 aromatic carbocycles. The van der Waals surface area contributed by atoms with E-state index < -0.39 is 0 Å². The number of rotatable bonds is 4. The van der Waals surface area contributed by atoms with Gasteiger partial charge in [0.15, 0.2) is 0 Å². The third kappa shape index (κ3) is 3.17. The Morgan fingerprint density at radius 1 is 1.33 bits per heavy atom. The fourth-order valence-electron chi connectivity index (χ4n) is 2.07. The van der Waals surface area contributed by atoms with Crippen LogP contribution in [0, 0.1) is 10.5 Å². The number of likely N-dealkylation sites (tertiary alicyclic amines) is 1. The molecule has 1 aliphatic rings. The zero-order valence-corrected chi connectivity index (χ0v) is 11.4. The molecule has 3 nitrogen and oxygen atoms in total. The van der Waals surface area contributed by atoms with Crippen molar-refractivity contribution in [2.45, 2.75) is 32.7 Å². The van der Waals surface area contributed by atoms with Crippen molar-refractivity contribution in [1.29, 1.82) is 0 Å². The van der Waals surface area contributed by atoms with Gasteiger partial charge in [-0.1, -0.05) is 0 Å². The standard InChI is InChI=1S/C11H18IN3/c1-10-11(12)9-15(13-10)8-4-7-14-5-2-3-6-14/h9H,2-8H2,1H3. The lowest BCUT2D eigenvalue weighted by molar-refractivity contribution is 0.322. The molecule has 0 saturated carbocycles. The Balaban J connectivity index is 1.73. The Morgan fingerprint density at radius 2 is 2.07 bits per heavy atom. The monoisotopic (exact) mass is 319 g/mol. The largest absolute Gasteiger partial charge is 0.303 e. The average molecular weight is 319 g/mol. The van der Waals surface area contributed by atoms with Gasteiger partial charge in [-0.25, -0.2) is 0 Å². The fourth-order valence-corrected chi connectivity index (χ4v) is 2.50. The highest BCUT2D eigenvalue weighted by atomic mass is 127. The average Bonchev–Trinajstić information content (AvgIpc) is 2.79. The zero-order chi connectivity index (χ0) is 10.7. The summed E-state index contributed by atoms with van der Waals surface area (Å²) in [5, 5.41) is 4.46. The van der Waals surface area contributed by atoms with Crippen LogP contribution in [0.15, 0.2) is 6.20 Å². The van der Waals surface area contributed by atoms with Crippen LogP contribution in [0.1, 0.15) is 25.0 Å². The van der Waals surface area contributed by atoms with Crippen LogP contribution in [-0.4, -0.2) is 34.3 Å². The summed E-state index contributed by atoms with van der Waals surface area (Å²) in [5.74, 6) is 0. The van der Waals surface area contributed by atoms with Crippen molar-refractivity contribution < 1.29 is 0 Å². The van der Waals surface area contributed by atoms with Crippen LogP contribution >= 0.6 is 22.6 Å². The summed E-state index contributed by atoms with van der Waals surface area (Å²) in [4.78, 5) is 2.56. The normalized spacial score (nSPS) is 17.5. The highest BCUT2D eigenvalue weighted by molar-refractivity contribution is 14.1. The Kier molecular flexibility index (Phi) is 4.02. The molecule has 1 saturated heterocycles. The molecule has 0 bridgehead atoms. The number of hydrogen-bond donors (Lipinski definition) is 0. The van der Waals surface area contributed by atoms with Gasteiger partial charge in [-0.2, -0.15) is 5.10 Å². The Labute approximate surface area is 105 Å². The Morgan fingerprint density at radius 3 is 2.67 bits per heavy atom. The van der Waals surface area contributed by atoms with Crippen molar-refractivity contribution >= 4 is 22.6 Å². The highest BCUT2D eigenvalue weighted by Gasteiger charge is 2.10. The van der Waals surface area contributed by atoms with Crippen LogP contribution in [0.2, 0.25) is 0 Å². The van der Waals surface area contributed by atoms with Crippen molar-refractivity contribution in [1.82, 2.24) is 14.7 Å². The van der Waals surface area contributed by atoms with E-state index in [1.807, 2.05) is 0 Å². The van der Waals surface area contributed by atoms with Gasteiger partial charge in [0.1, 0.15) is 0 Å². The predicted molar refractivity (Wildman–Crippen MR) is 70.0 cm³/mol. The summed E-state index contributed by atoms with van der Waals surface area (Å²) in [6, 6.07) is 0. The maximum atomic E-state index is 4.46. The third-order valence-corrected chi connectivity index (χ3v) is 4.01. The van der Waals surface area contributed by atoms with Crippen LogP contribution in [0.25, 0.3) is 0 Å². The lowest BCUT2D eigenvalue weighted by Gasteiger charge is -2.13. The highest BCUT2D eigenvalue weighted by Crippen LogP contribution is 2.10. The smallest absolute Gasteiger partial charge is 0.0727 e. The van der Waals surface area contributed by atoms with Crippen molar-refractivity contribution in [3.8, 4) is 0 Å². The zero-order valence-electron chi connectivity index (χ0n) is 9.25. The third-order valence-electron chi connectivity index (χ3n) is 2.95. The van der Waals surface area contributed by atoms with E-state index in [0.717, 1.165) is 12.2 Å². The summed E-state index contributed by atoms with van der Waals surface area (Å²) in [6.07, 6.45) is 6.13. The number of aryl methyl sites for hydroxylation is 2. The first-order valence-corrected chi connectivity index (χ1v) is 6.75. The van der Waals surface area contributed by atoms with Gasteiger partial charge in [0.25, 0.3) is 0 Å². The minimum atomic E-state index is 1.06. The van der Waals surface area contributed by atoms with Gasteiger partial charge in [-0.05, 0) is 68.4 Å². The minimum absolute atomic E-state index is 1.06. The van der Waals surface area contributed by atoms with Crippen molar-refractivity contribution in [3.05, 3.63) is 15.5 Å². The lowest BCUT2D eigenvalue weighted by atomic mass is 10.4. The van der Waals surface area contributed by atoms with Crippen LogP contribution in [0.3, 0.4) is 0 Å². The molecular weight excluding hydrogens is 301 g/mol. The summed E-state index contributed by atoms with van der Waals surface area (Å²) in [5.41, 5.74) is 1.15. The molecule has 0 aliphatic carbocycles. The summed E-state index contributed by atoms with van der Waals surface area (Å²) in [6.45, 7) is 6.96. The fraction of sp³-hybridized carbons (Fsp3) is 0.727. The first-order chi connectivity index (χ1) is 7.25. The van der Waals surface area contributed by atoms with Crippen LogP contribution in [-0.2, 0) is 6.54 Å². The molecule has 1 aromatic heterocycles. The minimum Gasteiger partial charge on any atom is -0.303 e. The van der Waals surface area contributed by atoms with E-state index in [0.29, 0.717) is 0 Å². The molecule has 0 amide bonds. The molecule has 1 aliphatic heterocycles. The first-order valence-electron chi connectivity index (χ1n) is 5.67. The topological polar surface area (TPSA) is 21.1 Å². The second-order valence-electron chi connectivity index (χ2n) is 4.23. The van der Waals surface area contributed by atoms with Crippen molar-refractivity contribution in [2.24, 2.45) is 0 Å². The van der Waals surface area contributed by atoms with Gasteiger partial charge in [-0.3, -0.25) is 4.68 Å². The Bertz CT molecular complexity index is 296. The number of nitrogens with zero attached hydrogens (tertiary/aromatic N) is 3. The molecule has 15 heavy (non-hydrogen) atoms. The van der Waals surface area contributed by atoms with E-state index in [-0.39, 0.29) is 0 Å².